The number of aromatic nitrogens is 1. The number of amides is 2. The topological polar surface area (TPSA) is 116 Å². The molecule has 2 aromatic rings. The number of nitriles is 1. The molecule has 0 saturated carbocycles. The zero-order valence-electron chi connectivity index (χ0n) is 20.1. The van der Waals surface area contributed by atoms with Gasteiger partial charge in [-0.25, -0.2) is 18.2 Å². The van der Waals surface area contributed by atoms with Gasteiger partial charge in [-0.05, 0) is 51.1 Å². The van der Waals surface area contributed by atoms with Gasteiger partial charge in [0.2, 0.25) is 0 Å². The Morgan fingerprint density at radius 1 is 1.31 bits per heavy atom. The number of piperazine rings is 1. The lowest BCUT2D eigenvalue weighted by Gasteiger charge is -2.42. The van der Waals surface area contributed by atoms with Gasteiger partial charge in [0.15, 0.2) is 0 Å². The van der Waals surface area contributed by atoms with Crippen molar-refractivity contribution in [2.24, 2.45) is 5.10 Å². The Morgan fingerprint density at radius 3 is 2.89 bits per heavy atom. The summed E-state index contributed by atoms with van der Waals surface area (Å²) in [5.41, 5.74) is 0.681. The summed E-state index contributed by atoms with van der Waals surface area (Å²) >= 11 is 7.72. The van der Waals surface area contributed by atoms with Crippen molar-refractivity contribution in [2.45, 2.75) is 48.7 Å². The predicted molar refractivity (Wildman–Crippen MR) is 140 cm³/mol. The van der Waals surface area contributed by atoms with E-state index in [1.165, 1.54) is 9.31 Å². The number of urea groups is 1. The Bertz CT molecular complexity index is 1360. The Hall–Kier alpha value is -2.30. The predicted octanol–water partition coefficient (Wildman–Crippen LogP) is 3.33. The third-order valence-corrected chi connectivity index (χ3v) is 10.4. The highest BCUT2D eigenvalue weighted by atomic mass is 35.5. The first-order valence-electron chi connectivity index (χ1n) is 11.9. The molecule has 36 heavy (non-hydrogen) atoms. The molecule has 2 saturated heterocycles. The number of carbonyl (C=O) groups excluding carboxylic acids is 1. The van der Waals surface area contributed by atoms with Gasteiger partial charge >= 0.3 is 6.03 Å². The van der Waals surface area contributed by atoms with E-state index in [1.807, 2.05) is 0 Å². The molecule has 3 aliphatic heterocycles. The average molecular weight is 550 g/mol. The summed E-state index contributed by atoms with van der Waals surface area (Å²) in [4.78, 5) is 20.4. The van der Waals surface area contributed by atoms with Crippen LogP contribution in [0, 0.1) is 11.3 Å². The zero-order chi connectivity index (χ0) is 25.6. The minimum absolute atomic E-state index is 0.0866. The van der Waals surface area contributed by atoms with Crippen LogP contribution in [-0.2, 0) is 10.0 Å². The lowest BCUT2D eigenvalue weighted by Crippen LogP contribution is -2.59. The molecule has 3 atom stereocenters. The molecular weight excluding hydrogens is 522 g/mol. The Kier molecular flexibility index (Phi) is 6.95. The maximum Gasteiger partial charge on any atom is 0.340 e. The fourth-order valence-electron chi connectivity index (χ4n) is 5.01. The quantitative estimate of drug-likeness (QED) is 0.625. The van der Waals surface area contributed by atoms with Gasteiger partial charge in [0.1, 0.15) is 10.1 Å². The molecule has 2 amide bonds. The minimum Gasteiger partial charge on any atom is -0.345 e. The fraction of sp³-hybridized carbons (Fsp3) is 0.522. The third-order valence-electron chi connectivity index (χ3n) is 7.15. The van der Waals surface area contributed by atoms with Crippen molar-refractivity contribution in [2.75, 3.05) is 33.2 Å². The molecule has 4 heterocycles. The first-order valence-corrected chi connectivity index (χ1v) is 14.6. The molecule has 5 rings (SSSR count). The van der Waals surface area contributed by atoms with Gasteiger partial charge in [0.05, 0.1) is 17.5 Å². The number of sulfonamides is 1. The van der Waals surface area contributed by atoms with Crippen molar-refractivity contribution in [1.29, 1.82) is 5.26 Å². The maximum atomic E-state index is 13.5. The second kappa shape index (κ2) is 9.87. The largest absolute Gasteiger partial charge is 0.345 e. The van der Waals surface area contributed by atoms with E-state index < -0.39 is 16.1 Å². The molecule has 13 heteroatoms. The second-order valence-electron chi connectivity index (χ2n) is 9.30. The van der Waals surface area contributed by atoms with E-state index in [0.717, 1.165) is 11.5 Å². The van der Waals surface area contributed by atoms with E-state index in [1.54, 1.807) is 40.9 Å². The van der Waals surface area contributed by atoms with Crippen molar-refractivity contribution < 1.29 is 13.2 Å². The molecule has 3 unspecified atom stereocenters. The summed E-state index contributed by atoms with van der Waals surface area (Å²) in [6, 6.07) is 8.45. The first-order chi connectivity index (χ1) is 17.2. The van der Waals surface area contributed by atoms with Gasteiger partial charge in [-0.15, -0.1) is 0 Å². The number of halogens is 1. The number of rotatable bonds is 4. The molecule has 2 fully saturated rings. The SMILES string of the molecule is CC1SC2=NN(C(=O)N3CCN(S(=O)(=O)c4cc5cc(Cl)ccc5[nH]4)CC3CCC#N)CCC2N1C. The molecule has 0 spiro atoms. The van der Waals surface area contributed by atoms with Crippen LogP contribution in [0.25, 0.3) is 10.9 Å². The molecule has 1 N–H and O–H groups in total. The average Bonchev–Trinajstić information content (AvgIpc) is 3.42. The van der Waals surface area contributed by atoms with Crippen LogP contribution in [0.3, 0.4) is 0 Å². The molecule has 192 valence electrons. The standard InChI is InChI=1S/C23H28ClN7O3S2/c1-15-28(2)20-7-9-31(27-22(20)35-15)23(32)30-11-10-29(14-18(30)4-3-8-25)36(33,34)21-13-16-12-17(24)5-6-19(16)26-21/h5-6,12-13,15,18,20,26H,3-4,7,9-11,14H2,1-2H3. The molecule has 0 aliphatic carbocycles. The number of aromatic amines is 1. The maximum absolute atomic E-state index is 13.5. The number of benzene rings is 1. The second-order valence-corrected chi connectivity index (χ2v) is 13.0. The highest BCUT2D eigenvalue weighted by Gasteiger charge is 2.42. The van der Waals surface area contributed by atoms with Crippen LogP contribution in [0.2, 0.25) is 5.02 Å². The number of fused-ring (bicyclic) bond motifs is 2. The van der Waals surface area contributed by atoms with Crippen molar-refractivity contribution >= 4 is 55.4 Å². The van der Waals surface area contributed by atoms with Gasteiger partial charge in [-0.3, -0.25) is 4.90 Å². The number of H-pyrrole nitrogens is 1. The van der Waals surface area contributed by atoms with Crippen LogP contribution in [0.4, 0.5) is 4.79 Å². The van der Waals surface area contributed by atoms with Crippen molar-refractivity contribution in [3.05, 3.63) is 29.3 Å². The van der Waals surface area contributed by atoms with Crippen molar-refractivity contribution in [1.82, 2.24) is 24.1 Å². The lowest BCUT2D eigenvalue weighted by molar-refractivity contribution is 0.0947. The summed E-state index contributed by atoms with van der Waals surface area (Å²) in [6.45, 7) is 3.14. The van der Waals surface area contributed by atoms with E-state index >= 15 is 0 Å². The van der Waals surface area contributed by atoms with E-state index in [4.69, 9.17) is 11.6 Å². The summed E-state index contributed by atoms with van der Waals surface area (Å²) < 4.78 is 28.4. The zero-order valence-corrected chi connectivity index (χ0v) is 22.5. The number of thioether (sulfide) groups is 1. The van der Waals surface area contributed by atoms with Gasteiger partial charge in [0.25, 0.3) is 10.0 Å². The fourth-order valence-corrected chi connectivity index (χ4v) is 7.93. The van der Waals surface area contributed by atoms with Gasteiger partial charge < -0.3 is 9.88 Å². The smallest absolute Gasteiger partial charge is 0.340 e. The number of hydrazone groups is 1. The van der Waals surface area contributed by atoms with Crippen LogP contribution in [0.15, 0.2) is 34.4 Å². The normalized spacial score (nSPS) is 25.6. The van der Waals surface area contributed by atoms with Gasteiger partial charge in [0, 0.05) is 54.6 Å². The van der Waals surface area contributed by atoms with E-state index in [-0.39, 0.29) is 43.2 Å². The minimum atomic E-state index is -3.83. The van der Waals surface area contributed by atoms with Crippen LogP contribution in [0.1, 0.15) is 26.2 Å². The molecule has 3 aliphatic rings. The molecule has 10 nitrogen and oxygen atoms in total. The van der Waals surface area contributed by atoms with Crippen molar-refractivity contribution in [3.8, 4) is 6.07 Å². The van der Waals surface area contributed by atoms with Gasteiger partial charge in [-0.2, -0.15) is 14.7 Å². The number of hydrogen-bond acceptors (Lipinski definition) is 7. The summed E-state index contributed by atoms with van der Waals surface area (Å²) in [6.07, 6.45) is 1.42. The molecule has 1 aromatic heterocycles. The third kappa shape index (κ3) is 4.59. The monoisotopic (exact) mass is 549 g/mol. The molecule has 1 aromatic carbocycles. The number of hydrogen-bond donors (Lipinski definition) is 1. The molecule has 0 bridgehead atoms. The van der Waals surface area contributed by atoms with E-state index in [9.17, 15) is 18.5 Å². The Labute approximate surface area is 219 Å². The van der Waals surface area contributed by atoms with Crippen LogP contribution in [0.5, 0.6) is 0 Å². The summed E-state index contributed by atoms with van der Waals surface area (Å²) in [5.74, 6) is 0. The highest BCUT2D eigenvalue weighted by molar-refractivity contribution is 8.14. The highest BCUT2D eigenvalue weighted by Crippen LogP contribution is 2.35. The Morgan fingerprint density at radius 2 is 2.11 bits per heavy atom. The number of nitrogens with zero attached hydrogens (tertiary/aromatic N) is 6. The molecule has 0 radical (unpaired) electrons. The van der Waals surface area contributed by atoms with E-state index in [0.29, 0.717) is 34.3 Å². The van der Waals surface area contributed by atoms with Crippen LogP contribution < -0.4 is 0 Å². The Balaban J connectivity index is 1.35. The number of carbonyl (C=O) groups is 1. The summed E-state index contributed by atoms with van der Waals surface area (Å²) in [5, 5.41) is 17.9. The van der Waals surface area contributed by atoms with Gasteiger partial charge in [-0.1, -0.05) is 23.4 Å². The summed E-state index contributed by atoms with van der Waals surface area (Å²) in [7, 11) is -1.76. The van der Waals surface area contributed by atoms with Crippen molar-refractivity contribution in [3.63, 3.8) is 0 Å². The van der Waals surface area contributed by atoms with E-state index in [2.05, 4.69) is 35.0 Å². The number of nitrogens with one attached hydrogen (secondary N) is 1. The molecular formula is C23H28ClN7O3S2. The van der Waals surface area contributed by atoms with Crippen LogP contribution in [-0.4, -0.2) is 94.3 Å². The first kappa shape index (κ1) is 25.4. The van der Waals surface area contributed by atoms with Crippen LogP contribution >= 0.6 is 23.4 Å². The lowest BCUT2D eigenvalue weighted by atomic mass is 10.1.